The molecule has 182 valence electrons. The van der Waals surface area contributed by atoms with E-state index in [1.54, 1.807) is 9.36 Å². The van der Waals surface area contributed by atoms with Gasteiger partial charge in [0.1, 0.15) is 29.5 Å². The number of ether oxygens (including phenoxy) is 2. The number of likely N-dealkylation sites (N-methyl/N-ethyl adjacent to an activating group) is 1. The highest BCUT2D eigenvalue weighted by atomic mass is 16.5. The van der Waals surface area contributed by atoms with E-state index in [2.05, 4.69) is 25.9 Å². The number of nitrogens with zero attached hydrogens (tertiary/aromatic N) is 6. The molecule has 0 aliphatic rings. The molecule has 0 saturated heterocycles. The molecule has 0 aliphatic heterocycles. The maximum Gasteiger partial charge on any atom is 0.119 e. The molecule has 0 radical (unpaired) electrons. The van der Waals surface area contributed by atoms with Gasteiger partial charge in [0.05, 0.1) is 30.4 Å². The number of aromatic nitrogens is 6. The molecule has 5 aromatic rings. The minimum atomic E-state index is 0.622. The molecule has 2 aromatic heterocycles. The van der Waals surface area contributed by atoms with Gasteiger partial charge in [0.2, 0.25) is 0 Å². The molecule has 0 saturated carbocycles. The highest BCUT2D eigenvalue weighted by Crippen LogP contribution is 2.24. The summed E-state index contributed by atoms with van der Waals surface area (Å²) >= 11 is 0. The second-order valence-corrected chi connectivity index (χ2v) is 8.05. The van der Waals surface area contributed by atoms with Gasteiger partial charge in [0.25, 0.3) is 0 Å². The van der Waals surface area contributed by atoms with Crippen molar-refractivity contribution in [2.75, 3.05) is 26.8 Å². The normalized spacial score (nSPS) is 10.9. The molecule has 0 unspecified atom stereocenters. The van der Waals surface area contributed by atoms with E-state index in [4.69, 9.17) is 9.47 Å². The Bertz CT molecular complexity index is 1390. The molecule has 0 amide bonds. The van der Waals surface area contributed by atoms with Crippen LogP contribution < -0.4 is 14.8 Å². The van der Waals surface area contributed by atoms with Crippen LogP contribution in [0.25, 0.3) is 33.9 Å². The summed E-state index contributed by atoms with van der Waals surface area (Å²) in [5, 5.41) is 20.3. The van der Waals surface area contributed by atoms with Gasteiger partial charge < -0.3 is 14.8 Å². The Labute approximate surface area is 209 Å². The summed E-state index contributed by atoms with van der Waals surface area (Å²) < 4.78 is 14.7. The van der Waals surface area contributed by atoms with Crippen LogP contribution >= 0.6 is 0 Å². The molecule has 9 nitrogen and oxygen atoms in total. The van der Waals surface area contributed by atoms with Crippen molar-refractivity contribution in [3.8, 4) is 45.4 Å². The number of hydrogen-bond donors (Lipinski definition) is 1. The average Bonchev–Trinajstić information content (AvgIpc) is 3.61. The first-order valence-electron chi connectivity index (χ1n) is 11.8. The van der Waals surface area contributed by atoms with Gasteiger partial charge in [-0.3, -0.25) is 0 Å². The third-order valence-electron chi connectivity index (χ3n) is 5.60. The minimum Gasteiger partial charge on any atom is -0.494 e. The zero-order valence-electron chi connectivity index (χ0n) is 20.2. The highest BCUT2D eigenvalue weighted by Gasteiger charge is 2.09. The third kappa shape index (κ3) is 5.26. The summed E-state index contributed by atoms with van der Waals surface area (Å²) in [5.74, 6) is 1.66. The second kappa shape index (κ2) is 10.8. The molecular formula is C27H27N7O2. The van der Waals surface area contributed by atoms with Gasteiger partial charge in [-0.05, 0) is 62.5 Å². The van der Waals surface area contributed by atoms with Crippen LogP contribution in [0.1, 0.15) is 6.92 Å². The number of hydrogen-bond acceptors (Lipinski definition) is 7. The van der Waals surface area contributed by atoms with E-state index in [0.29, 0.717) is 13.2 Å². The average molecular weight is 482 g/mol. The van der Waals surface area contributed by atoms with E-state index in [1.807, 2.05) is 99.2 Å². The summed E-state index contributed by atoms with van der Waals surface area (Å²) in [6.07, 6.45) is 3.82. The van der Waals surface area contributed by atoms with Crippen LogP contribution in [0, 0.1) is 0 Å². The van der Waals surface area contributed by atoms with Crippen molar-refractivity contribution < 1.29 is 9.47 Å². The van der Waals surface area contributed by atoms with Crippen LogP contribution in [0.15, 0.2) is 85.2 Å². The Morgan fingerprint density at radius 1 is 0.667 bits per heavy atom. The van der Waals surface area contributed by atoms with Crippen LogP contribution in [-0.2, 0) is 0 Å². The summed E-state index contributed by atoms with van der Waals surface area (Å²) in [6.45, 7) is 4.03. The Balaban J connectivity index is 1.27. The van der Waals surface area contributed by atoms with E-state index in [-0.39, 0.29) is 0 Å². The Hall–Kier alpha value is -4.50. The molecule has 0 aliphatic carbocycles. The predicted octanol–water partition coefficient (Wildman–Crippen LogP) is 4.18. The lowest BCUT2D eigenvalue weighted by Crippen LogP contribution is -2.15. The molecule has 5 rings (SSSR count). The van der Waals surface area contributed by atoms with E-state index in [9.17, 15) is 0 Å². The molecule has 1 N–H and O–H groups in total. The van der Waals surface area contributed by atoms with Gasteiger partial charge >= 0.3 is 0 Å². The lowest BCUT2D eigenvalue weighted by atomic mass is 10.1. The summed E-state index contributed by atoms with van der Waals surface area (Å²) in [6, 6.07) is 23.6. The van der Waals surface area contributed by atoms with Crippen molar-refractivity contribution in [3.63, 3.8) is 0 Å². The van der Waals surface area contributed by atoms with Gasteiger partial charge in [-0.2, -0.15) is 0 Å². The predicted molar refractivity (Wildman–Crippen MR) is 138 cm³/mol. The summed E-state index contributed by atoms with van der Waals surface area (Å²) in [7, 11) is 1.90. The third-order valence-corrected chi connectivity index (χ3v) is 5.60. The van der Waals surface area contributed by atoms with Gasteiger partial charge in [-0.15, -0.1) is 10.2 Å². The molecule has 0 bridgehead atoms. The molecule has 0 spiro atoms. The molecular weight excluding hydrogens is 454 g/mol. The first kappa shape index (κ1) is 23.3. The van der Waals surface area contributed by atoms with E-state index in [0.717, 1.165) is 51.9 Å². The smallest absolute Gasteiger partial charge is 0.119 e. The minimum absolute atomic E-state index is 0.622. The maximum absolute atomic E-state index is 5.68. The lowest BCUT2D eigenvalue weighted by molar-refractivity contribution is 0.318. The van der Waals surface area contributed by atoms with Crippen LogP contribution in [0.4, 0.5) is 0 Å². The van der Waals surface area contributed by atoms with Crippen molar-refractivity contribution in [2.45, 2.75) is 6.92 Å². The quantitative estimate of drug-likeness (QED) is 0.299. The fourth-order valence-corrected chi connectivity index (χ4v) is 3.68. The number of benzene rings is 3. The first-order chi connectivity index (χ1) is 17.7. The van der Waals surface area contributed by atoms with Gasteiger partial charge in [-0.1, -0.05) is 34.7 Å². The molecule has 9 heteroatoms. The standard InChI is InChI=1S/C27H27N7O2/c1-3-35-24-12-8-22(9-13-24)33-18-26(29-31-33)20-4-6-21(7-5-20)27-19-34(32-30-27)23-10-14-25(15-11-23)36-17-16-28-2/h4-15,18-19,28H,3,16-17H2,1-2H3. The Kier molecular flexibility index (Phi) is 7.00. The fourth-order valence-electron chi connectivity index (χ4n) is 3.68. The topological polar surface area (TPSA) is 91.9 Å². The monoisotopic (exact) mass is 481 g/mol. The van der Waals surface area contributed by atoms with Gasteiger partial charge in [0, 0.05) is 17.7 Å². The summed E-state index contributed by atoms with van der Waals surface area (Å²) in [4.78, 5) is 0. The Morgan fingerprint density at radius 2 is 1.14 bits per heavy atom. The largest absolute Gasteiger partial charge is 0.494 e. The van der Waals surface area contributed by atoms with Crippen LogP contribution in [0.2, 0.25) is 0 Å². The number of rotatable bonds is 10. The van der Waals surface area contributed by atoms with E-state index >= 15 is 0 Å². The van der Waals surface area contributed by atoms with E-state index in [1.165, 1.54) is 0 Å². The molecule has 3 aromatic carbocycles. The lowest BCUT2D eigenvalue weighted by Gasteiger charge is -2.06. The number of nitrogens with one attached hydrogen (secondary N) is 1. The van der Waals surface area contributed by atoms with Crippen molar-refractivity contribution in [2.24, 2.45) is 0 Å². The Morgan fingerprint density at radius 3 is 1.58 bits per heavy atom. The fraction of sp³-hybridized carbons (Fsp3) is 0.185. The van der Waals surface area contributed by atoms with Gasteiger partial charge in [0.15, 0.2) is 0 Å². The second-order valence-electron chi connectivity index (χ2n) is 8.05. The van der Waals surface area contributed by atoms with E-state index < -0.39 is 0 Å². The SMILES string of the molecule is CCOc1ccc(-n2cc(-c3ccc(-c4cn(-c5ccc(OCCNC)cc5)nn4)cc3)nn2)cc1. The van der Waals surface area contributed by atoms with Gasteiger partial charge in [-0.25, -0.2) is 9.36 Å². The zero-order chi connectivity index (χ0) is 24.7. The molecule has 0 fully saturated rings. The highest BCUT2D eigenvalue weighted by molar-refractivity contribution is 5.66. The maximum atomic E-state index is 5.68. The zero-order valence-corrected chi connectivity index (χ0v) is 20.2. The van der Waals surface area contributed by atoms with Crippen molar-refractivity contribution in [1.29, 1.82) is 0 Å². The van der Waals surface area contributed by atoms with Crippen molar-refractivity contribution >= 4 is 0 Å². The van der Waals surface area contributed by atoms with Crippen LogP contribution in [-0.4, -0.2) is 56.8 Å². The first-order valence-corrected chi connectivity index (χ1v) is 11.8. The molecule has 36 heavy (non-hydrogen) atoms. The van der Waals surface area contributed by atoms with Crippen LogP contribution in [0.5, 0.6) is 11.5 Å². The summed E-state index contributed by atoms with van der Waals surface area (Å²) in [5.41, 5.74) is 5.35. The molecule has 0 atom stereocenters. The van der Waals surface area contributed by atoms with Crippen LogP contribution in [0.3, 0.4) is 0 Å². The van der Waals surface area contributed by atoms with Crippen molar-refractivity contribution in [3.05, 3.63) is 85.2 Å². The van der Waals surface area contributed by atoms with Crippen molar-refractivity contribution in [1.82, 2.24) is 35.3 Å². The molecule has 2 heterocycles.